The van der Waals surface area contributed by atoms with E-state index in [4.69, 9.17) is 4.98 Å². The molecule has 0 aliphatic carbocycles. The number of rotatable bonds is 5. The third-order valence-corrected chi connectivity index (χ3v) is 4.46. The Balaban J connectivity index is 1.53. The van der Waals surface area contributed by atoms with Gasteiger partial charge in [-0.2, -0.15) is 0 Å². The molecule has 25 heavy (non-hydrogen) atoms. The van der Waals surface area contributed by atoms with Crippen LogP contribution in [0.4, 0.5) is 5.69 Å². The first-order valence-corrected chi connectivity index (χ1v) is 8.59. The maximum atomic E-state index is 4.70. The van der Waals surface area contributed by atoms with Crippen LogP contribution in [-0.2, 0) is 13.0 Å². The van der Waals surface area contributed by atoms with Crippen molar-refractivity contribution in [3.8, 4) is 0 Å². The van der Waals surface area contributed by atoms with Crippen LogP contribution in [0.1, 0.15) is 22.5 Å². The van der Waals surface area contributed by atoms with Gasteiger partial charge in [0.25, 0.3) is 0 Å². The number of para-hydroxylation sites is 1. The summed E-state index contributed by atoms with van der Waals surface area (Å²) in [6, 6.07) is 25.2. The first-order chi connectivity index (χ1) is 12.3. The van der Waals surface area contributed by atoms with E-state index in [1.165, 1.54) is 22.5 Å². The molecule has 0 saturated carbocycles. The standard InChI is InChI=1S/C22H21N3/c1-17-8-7-13-22-24-20(16-25(17)22)15-23-21-12-6-5-11-19(21)14-18-9-3-2-4-10-18/h2-13,16,23H,14-15H2,1H3. The van der Waals surface area contributed by atoms with Gasteiger partial charge in [-0.05, 0) is 42.7 Å². The molecule has 0 radical (unpaired) electrons. The highest BCUT2D eigenvalue weighted by Gasteiger charge is 2.06. The van der Waals surface area contributed by atoms with E-state index in [1.807, 2.05) is 12.1 Å². The molecule has 0 atom stereocenters. The number of hydrogen-bond donors (Lipinski definition) is 1. The molecular formula is C22H21N3. The Labute approximate surface area is 148 Å². The van der Waals surface area contributed by atoms with Crippen LogP contribution in [0.3, 0.4) is 0 Å². The number of pyridine rings is 1. The highest BCUT2D eigenvalue weighted by Crippen LogP contribution is 2.20. The van der Waals surface area contributed by atoms with Crippen molar-refractivity contribution in [2.45, 2.75) is 19.9 Å². The highest BCUT2D eigenvalue weighted by atomic mass is 15.0. The number of aryl methyl sites for hydroxylation is 1. The summed E-state index contributed by atoms with van der Waals surface area (Å²) >= 11 is 0. The van der Waals surface area contributed by atoms with Crippen LogP contribution in [0.5, 0.6) is 0 Å². The minimum atomic E-state index is 0.715. The van der Waals surface area contributed by atoms with Crippen LogP contribution in [0, 0.1) is 6.92 Å². The summed E-state index contributed by atoms with van der Waals surface area (Å²) in [6.45, 7) is 2.81. The van der Waals surface area contributed by atoms with Crippen LogP contribution < -0.4 is 5.32 Å². The van der Waals surface area contributed by atoms with Gasteiger partial charge < -0.3 is 9.72 Å². The third kappa shape index (κ3) is 3.41. The van der Waals surface area contributed by atoms with Gasteiger partial charge in [0, 0.05) is 17.6 Å². The second-order valence-corrected chi connectivity index (χ2v) is 6.30. The summed E-state index contributed by atoms with van der Waals surface area (Å²) in [7, 11) is 0. The van der Waals surface area contributed by atoms with Crippen molar-refractivity contribution in [3.63, 3.8) is 0 Å². The molecule has 0 aliphatic heterocycles. The van der Waals surface area contributed by atoms with Gasteiger partial charge in [-0.15, -0.1) is 0 Å². The lowest BCUT2D eigenvalue weighted by Crippen LogP contribution is -2.03. The van der Waals surface area contributed by atoms with Gasteiger partial charge in [-0.1, -0.05) is 54.6 Å². The molecule has 3 heteroatoms. The number of nitrogens with one attached hydrogen (secondary N) is 1. The van der Waals surface area contributed by atoms with E-state index in [0.717, 1.165) is 17.8 Å². The molecular weight excluding hydrogens is 306 g/mol. The van der Waals surface area contributed by atoms with Gasteiger partial charge in [0.15, 0.2) is 0 Å². The Hall–Kier alpha value is -3.07. The molecule has 1 N–H and O–H groups in total. The van der Waals surface area contributed by atoms with Crippen LogP contribution in [0.15, 0.2) is 79.0 Å². The van der Waals surface area contributed by atoms with Gasteiger partial charge in [0.05, 0.1) is 12.2 Å². The number of benzene rings is 2. The lowest BCUT2D eigenvalue weighted by molar-refractivity contribution is 1.05. The number of hydrogen-bond acceptors (Lipinski definition) is 2. The Morgan fingerprint density at radius 2 is 1.68 bits per heavy atom. The average molecular weight is 327 g/mol. The van der Waals surface area contributed by atoms with Gasteiger partial charge in [-0.25, -0.2) is 4.98 Å². The smallest absolute Gasteiger partial charge is 0.137 e. The van der Waals surface area contributed by atoms with Crippen LogP contribution in [-0.4, -0.2) is 9.38 Å². The van der Waals surface area contributed by atoms with E-state index in [1.54, 1.807) is 0 Å². The van der Waals surface area contributed by atoms with Crippen molar-refractivity contribution in [1.82, 2.24) is 9.38 Å². The summed E-state index contributed by atoms with van der Waals surface area (Å²) in [5.41, 5.74) is 7.02. The molecule has 0 spiro atoms. The Morgan fingerprint density at radius 3 is 2.52 bits per heavy atom. The van der Waals surface area contributed by atoms with Crippen molar-refractivity contribution in [1.29, 1.82) is 0 Å². The van der Waals surface area contributed by atoms with E-state index in [9.17, 15) is 0 Å². The molecule has 4 rings (SSSR count). The fourth-order valence-electron chi connectivity index (χ4n) is 3.13. The zero-order chi connectivity index (χ0) is 17.1. The molecule has 2 heterocycles. The van der Waals surface area contributed by atoms with E-state index < -0.39 is 0 Å². The molecule has 0 saturated heterocycles. The predicted molar refractivity (Wildman–Crippen MR) is 103 cm³/mol. The molecule has 0 unspecified atom stereocenters. The number of anilines is 1. The molecule has 3 nitrogen and oxygen atoms in total. The van der Waals surface area contributed by atoms with E-state index in [2.05, 4.69) is 83.5 Å². The van der Waals surface area contributed by atoms with Crippen molar-refractivity contribution in [3.05, 3.63) is 102 Å². The number of aromatic nitrogens is 2. The summed E-state index contributed by atoms with van der Waals surface area (Å²) in [4.78, 5) is 4.70. The van der Waals surface area contributed by atoms with Crippen molar-refractivity contribution in [2.24, 2.45) is 0 Å². The Kier molecular flexibility index (Phi) is 4.21. The van der Waals surface area contributed by atoms with Crippen LogP contribution in [0.25, 0.3) is 5.65 Å². The van der Waals surface area contributed by atoms with Gasteiger partial charge in [-0.3, -0.25) is 0 Å². The second-order valence-electron chi connectivity index (χ2n) is 6.30. The topological polar surface area (TPSA) is 29.3 Å². The summed E-state index contributed by atoms with van der Waals surface area (Å²) < 4.78 is 2.13. The van der Waals surface area contributed by atoms with E-state index in [0.29, 0.717) is 6.54 Å². The normalized spacial score (nSPS) is 10.9. The van der Waals surface area contributed by atoms with Crippen LogP contribution >= 0.6 is 0 Å². The zero-order valence-corrected chi connectivity index (χ0v) is 14.3. The third-order valence-electron chi connectivity index (χ3n) is 4.46. The van der Waals surface area contributed by atoms with Gasteiger partial charge in [0.1, 0.15) is 5.65 Å². The second kappa shape index (κ2) is 6.81. The maximum absolute atomic E-state index is 4.70. The molecule has 0 aliphatic rings. The number of imidazole rings is 1. The Bertz CT molecular complexity index is 987. The summed E-state index contributed by atoms with van der Waals surface area (Å²) in [6.07, 6.45) is 3.03. The average Bonchev–Trinajstić information content (AvgIpc) is 3.06. The molecule has 2 aromatic carbocycles. The molecule has 0 amide bonds. The maximum Gasteiger partial charge on any atom is 0.137 e. The first-order valence-electron chi connectivity index (χ1n) is 8.59. The minimum absolute atomic E-state index is 0.715. The van der Waals surface area contributed by atoms with Crippen molar-refractivity contribution in [2.75, 3.05) is 5.32 Å². The van der Waals surface area contributed by atoms with Crippen LogP contribution in [0.2, 0.25) is 0 Å². The lowest BCUT2D eigenvalue weighted by Gasteiger charge is -2.11. The fourth-order valence-corrected chi connectivity index (χ4v) is 3.13. The Morgan fingerprint density at radius 1 is 0.880 bits per heavy atom. The predicted octanol–water partition coefficient (Wildman–Crippen LogP) is 4.85. The number of fused-ring (bicyclic) bond motifs is 1. The van der Waals surface area contributed by atoms with Crippen molar-refractivity contribution >= 4 is 11.3 Å². The summed E-state index contributed by atoms with van der Waals surface area (Å²) in [5, 5.41) is 3.55. The molecule has 0 fully saturated rings. The SMILES string of the molecule is Cc1cccc2nc(CNc3ccccc3Cc3ccccc3)cn12. The van der Waals surface area contributed by atoms with Gasteiger partial charge >= 0.3 is 0 Å². The first kappa shape index (κ1) is 15.5. The molecule has 0 bridgehead atoms. The molecule has 124 valence electrons. The van der Waals surface area contributed by atoms with E-state index in [-0.39, 0.29) is 0 Å². The lowest BCUT2D eigenvalue weighted by atomic mass is 10.0. The minimum Gasteiger partial charge on any atom is -0.379 e. The zero-order valence-electron chi connectivity index (χ0n) is 14.3. The molecule has 4 aromatic rings. The molecule has 2 aromatic heterocycles. The monoisotopic (exact) mass is 327 g/mol. The van der Waals surface area contributed by atoms with E-state index >= 15 is 0 Å². The fraction of sp³-hybridized carbons (Fsp3) is 0.136. The largest absolute Gasteiger partial charge is 0.379 e. The van der Waals surface area contributed by atoms with Gasteiger partial charge in [0.2, 0.25) is 0 Å². The number of nitrogens with zero attached hydrogens (tertiary/aromatic N) is 2. The summed E-state index contributed by atoms with van der Waals surface area (Å²) in [5.74, 6) is 0. The quantitative estimate of drug-likeness (QED) is 0.568. The highest BCUT2D eigenvalue weighted by molar-refractivity contribution is 5.53. The van der Waals surface area contributed by atoms with Crippen molar-refractivity contribution < 1.29 is 0 Å².